The molecule has 0 aromatic heterocycles. The molecule has 0 saturated heterocycles. The van der Waals surface area contributed by atoms with Gasteiger partial charge in [-0.05, 0) is 25.2 Å². The molecule has 0 aliphatic carbocycles. The van der Waals surface area contributed by atoms with E-state index < -0.39 is 5.97 Å². The molecule has 136 valence electrons. The van der Waals surface area contributed by atoms with Crippen LogP contribution in [-0.2, 0) is 14.3 Å². The minimum absolute atomic E-state index is 0.111. The molecular formula is C19H36O4. The number of hydrogen-bond acceptors (Lipinski definition) is 3. The lowest BCUT2D eigenvalue weighted by Crippen LogP contribution is -2.11. The lowest BCUT2D eigenvalue weighted by atomic mass is 10.00. The number of aliphatic carboxylic acids is 1. The highest BCUT2D eigenvalue weighted by molar-refractivity contribution is 5.81. The van der Waals surface area contributed by atoms with Crippen LogP contribution in [-0.4, -0.2) is 23.7 Å². The summed E-state index contributed by atoms with van der Waals surface area (Å²) in [7, 11) is 0. The number of esters is 1. The van der Waals surface area contributed by atoms with Crippen molar-refractivity contribution in [3.63, 3.8) is 0 Å². The minimum Gasteiger partial charge on any atom is -0.481 e. The Morgan fingerprint density at radius 1 is 1.09 bits per heavy atom. The second kappa shape index (κ2) is 17.0. The first-order valence-electron chi connectivity index (χ1n) is 8.90. The third-order valence-corrected chi connectivity index (χ3v) is 3.58. The summed E-state index contributed by atoms with van der Waals surface area (Å²) < 4.78 is 4.84. The Bertz CT molecular complexity index is 310. The van der Waals surface area contributed by atoms with Crippen LogP contribution in [0.4, 0.5) is 0 Å². The van der Waals surface area contributed by atoms with Gasteiger partial charge in [-0.25, -0.2) is 4.79 Å². The predicted octanol–water partition coefficient (Wildman–Crippen LogP) is 5.22. The Morgan fingerprint density at radius 2 is 1.74 bits per heavy atom. The lowest BCUT2D eigenvalue weighted by molar-refractivity contribution is -0.142. The van der Waals surface area contributed by atoms with E-state index in [4.69, 9.17) is 9.84 Å². The van der Waals surface area contributed by atoms with Gasteiger partial charge in [-0.15, -0.1) is 0 Å². The Labute approximate surface area is 142 Å². The molecule has 1 atom stereocenters. The summed E-state index contributed by atoms with van der Waals surface area (Å²) in [6, 6.07) is 0. The maximum Gasteiger partial charge on any atom is 0.330 e. The van der Waals surface area contributed by atoms with E-state index in [1.165, 1.54) is 18.9 Å². The standard InChI is InChI=1S/C11H20O2.C8H16O2/c1-4-11(12)13-9-7-5-6-8-10(2)3;1-3-5-6-7(4-2)8(9)10/h4,10H,1,5-9H2,2-3H3;7H,3-6H2,1-2H3,(H,9,10). The van der Waals surface area contributed by atoms with Gasteiger partial charge in [0.25, 0.3) is 0 Å². The van der Waals surface area contributed by atoms with E-state index in [-0.39, 0.29) is 11.9 Å². The molecule has 0 radical (unpaired) electrons. The van der Waals surface area contributed by atoms with Crippen LogP contribution in [0, 0.1) is 11.8 Å². The van der Waals surface area contributed by atoms with Crippen molar-refractivity contribution in [3.05, 3.63) is 12.7 Å². The SMILES string of the molecule is C=CC(=O)OCCCCCC(C)C.CCCCC(CC)C(=O)O. The van der Waals surface area contributed by atoms with Crippen molar-refractivity contribution in [1.82, 2.24) is 0 Å². The van der Waals surface area contributed by atoms with Crippen LogP contribution in [0.25, 0.3) is 0 Å². The summed E-state index contributed by atoms with van der Waals surface area (Å²) in [5.41, 5.74) is 0. The number of carbonyl (C=O) groups is 2. The summed E-state index contributed by atoms with van der Waals surface area (Å²) in [6.07, 6.45) is 9.51. The molecule has 1 unspecified atom stereocenters. The van der Waals surface area contributed by atoms with Crippen molar-refractivity contribution in [2.45, 2.75) is 79.1 Å². The van der Waals surface area contributed by atoms with Crippen molar-refractivity contribution in [2.24, 2.45) is 11.8 Å². The van der Waals surface area contributed by atoms with Gasteiger partial charge in [0.2, 0.25) is 0 Å². The van der Waals surface area contributed by atoms with Crippen molar-refractivity contribution in [2.75, 3.05) is 6.61 Å². The average Bonchev–Trinajstić information content (AvgIpc) is 2.51. The molecule has 0 saturated carbocycles. The van der Waals surface area contributed by atoms with Crippen LogP contribution >= 0.6 is 0 Å². The van der Waals surface area contributed by atoms with Crippen LogP contribution in [0.1, 0.15) is 79.1 Å². The fourth-order valence-electron chi connectivity index (χ4n) is 2.02. The fraction of sp³-hybridized carbons (Fsp3) is 0.789. The number of hydrogen-bond donors (Lipinski definition) is 1. The third kappa shape index (κ3) is 18.6. The van der Waals surface area contributed by atoms with Crippen molar-refractivity contribution >= 4 is 11.9 Å². The smallest absolute Gasteiger partial charge is 0.330 e. The van der Waals surface area contributed by atoms with Crippen LogP contribution < -0.4 is 0 Å². The summed E-state index contributed by atoms with van der Waals surface area (Å²) in [5, 5.41) is 8.60. The van der Waals surface area contributed by atoms with Gasteiger partial charge < -0.3 is 9.84 Å². The number of rotatable bonds is 12. The molecule has 0 heterocycles. The van der Waals surface area contributed by atoms with Gasteiger partial charge in [0.05, 0.1) is 12.5 Å². The molecule has 4 nitrogen and oxygen atoms in total. The van der Waals surface area contributed by atoms with E-state index >= 15 is 0 Å². The van der Waals surface area contributed by atoms with Gasteiger partial charge in [0, 0.05) is 6.08 Å². The first-order chi connectivity index (χ1) is 10.9. The summed E-state index contributed by atoms with van der Waals surface area (Å²) >= 11 is 0. The molecule has 4 heteroatoms. The second-order valence-electron chi connectivity index (χ2n) is 6.20. The van der Waals surface area contributed by atoms with Crippen molar-refractivity contribution in [1.29, 1.82) is 0 Å². The van der Waals surface area contributed by atoms with Gasteiger partial charge in [-0.1, -0.05) is 66.4 Å². The molecule has 1 N–H and O–H groups in total. The number of unbranched alkanes of at least 4 members (excludes halogenated alkanes) is 3. The highest BCUT2D eigenvalue weighted by atomic mass is 16.5. The third-order valence-electron chi connectivity index (χ3n) is 3.58. The predicted molar refractivity (Wildman–Crippen MR) is 95.4 cm³/mol. The zero-order valence-corrected chi connectivity index (χ0v) is 15.5. The van der Waals surface area contributed by atoms with Crippen molar-refractivity contribution in [3.8, 4) is 0 Å². The summed E-state index contributed by atoms with van der Waals surface area (Å²) in [5.74, 6) is -0.296. The molecule has 0 aliphatic heterocycles. The molecular weight excluding hydrogens is 292 g/mol. The van der Waals surface area contributed by atoms with E-state index in [2.05, 4.69) is 27.4 Å². The number of carboxylic acid groups (broad SMARTS) is 1. The molecule has 0 amide bonds. The van der Waals surface area contributed by atoms with Gasteiger partial charge >= 0.3 is 11.9 Å². The van der Waals surface area contributed by atoms with Crippen LogP contribution in [0.3, 0.4) is 0 Å². The van der Waals surface area contributed by atoms with Gasteiger partial charge in [-0.3, -0.25) is 4.79 Å². The quantitative estimate of drug-likeness (QED) is 0.303. The Kier molecular flexibility index (Phi) is 17.7. The first-order valence-corrected chi connectivity index (χ1v) is 8.90. The topological polar surface area (TPSA) is 63.6 Å². The Balaban J connectivity index is 0. The average molecular weight is 328 g/mol. The van der Waals surface area contributed by atoms with Crippen molar-refractivity contribution < 1.29 is 19.4 Å². The number of ether oxygens (including phenoxy) is 1. The second-order valence-corrected chi connectivity index (χ2v) is 6.20. The molecule has 0 aromatic rings. The van der Waals surface area contributed by atoms with E-state index in [1.807, 2.05) is 6.92 Å². The molecule has 0 fully saturated rings. The molecule has 0 rings (SSSR count). The van der Waals surface area contributed by atoms with Gasteiger partial charge in [-0.2, -0.15) is 0 Å². The lowest BCUT2D eigenvalue weighted by Gasteiger charge is -2.06. The van der Waals surface area contributed by atoms with Gasteiger partial charge in [0.1, 0.15) is 0 Å². The molecule has 0 aromatic carbocycles. The highest BCUT2D eigenvalue weighted by Crippen LogP contribution is 2.11. The molecule has 0 spiro atoms. The Hall–Kier alpha value is -1.32. The zero-order valence-electron chi connectivity index (χ0n) is 15.5. The van der Waals surface area contributed by atoms with E-state index in [0.29, 0.717) is 6.61 Å². The maximum atomic E-state index is 10.6. The number of carbonyl (C=O) groups excluding carboxylic acids is 1. The van der Waals surface area contributed by atoms with E-state index in [0.717, 1.165) is 44.4 Å². The first kappa shape index (κ1) is 23.9. The molecule has 23 heavy (non-hydrogen) atoms. The van der Waals surface area contributed by atoms with Gasteiger partial charge in [0.15, 0.2) is 0 Å². The van der Waals surface area contributed by atoms with Crippen LogP contribution in [0.2, 0.25) is 0 Å². The zero-order chi connectivity index (χ0) is 18.1. The largest absolute Gasteiger partial charge is 0.481 e. The monoisotopic (exact) mass is 328 g/mol. The Morgan fingerprint density at radius 3 is 2.17 bits per heavy atom. The molecule has 0 aliphatic rings. The highest BCUT2D eigenvalue weighted by Gasteiger charge is 2.12. The van der Waals surface area contributed by atoms with Crippen LogP contribution in [0.5, 0.6) is 0 Å². The molecule has 0 bridgehead atoms. The van der Waals surface area contributed by atoms with Crippen LogP contribution in [0.15, 0.2) is 12.7 Å². The minimum atomic E-state index is -0.643. The van der Waals surface area contributed by atoms with E-state index in [9.17, 15) is 9.59 Å². The number of carboxylic acids is 1. The normalized spacial score (nSPS) is 11.3. The summed E-state index contributed by atoms with van der Waals surface area (Å²) in [6.45, 7) is 12.3. The summed E-state index contributed by atoms with van der Waals surface area (Å²) in [4.78, 5) is 21.0. The fourth-order valence-corrected chi connectivity index (χ4v) is 2.02. The van der Waals surface area contributed by atoms with E-state index in [1.54, 1.807) is 0 Å². The maximum absolute atomic E-state index is 10.6.